The summed E-state index contributed by atoms with van der Waals surface area (Å²) >= 11 is 0. The molecule has 1 fully saturated rings. The van der Waals surface area contributed by atoms with E-state index >= 15 is 0 Å². The number of allylic oxidation sites excluding steroid dienone is 1. The van der Waals surface area contributed by atoms with Crippen LogP contribution >= 0.6 is 0 Å². The molecule has 2 aliphatic rings. The summed E-state index contributed by atoms with van der Waals surface area (Å²) in [4.78, 5) is 30.7. The van der Waals surface area contributed by atoms with Crippen LogP contribution in [0.15, 0.2) is 64.8 Å². The van der Waals surface area contributed by atoms with Gasteiger partial charge in [-0.1, -0.05) is 42.0 Å². The summed E-state index contributed by atoms with van der Waals surface area (Å²) in [5, 5.41) is 0. The number of nitrogens with zero attached hydrogens (tertiary/aromatic N) is 1. The Balaban J connectivity index is 1.79. The second-order valence-electron chi connectivity index (χ2n) is 8.09. The fourth-order valence-corrected chi connectivity index (χ4v) is 4.75. The highest BCUT2D eigenvalue weighted by Gasteiger charge is 2.45. The molecule has 30 heavy (non-hydrogen) atoms. The molecule has 1 aliphatic carbocycles. The number of aliphatic imine (C=N–C) groups is 1. The third-order valence-electron chi connectivity index (χ3n) is 6.10. The van der Waals surface area contributed by atoms with E-state index in [1.54, 1.807) is 19.1 Å². The average Bonchev–Trinajstić information content (AvgIpc) is 2.72. The molecule has 2 aromatic rings. The van der Waals surface area contributed by atoms with E-state index in [2.05, 4.69) is 0 Å². The van der Waals surface area contributed by atoms with Gasteiger partial charge in [-0.3, -0.25) is 9.79 Å². The number of hydrogen-bond acceptors (Lipinski definition) is 4. The first-order chi connectivity index (χ1) is 14.4. The van der Waals surface area contributed by atoms with Gasteiger partial charge in [-0.25, -0.2) is 9.18 Å². The summed E-state index contributed by atoms with van der Waals surface area (Å²) < 4.78 is 18.4. The van der Waals surface area contributed by atoms with Crippen LogP contribution in [0.25, 0.3) is 0 Å². The number of carbonyl (C=O) groups is 2. The Kier molecular flexibility index (Phi) is 5.37. The molecule has 0 spiro atoms. The van der Waals surface area contributed by atoms with E-state index in [0.717, 1.165) is 22.4 Å². The van der Waals surface area contributed by atoms with E-state index in [4.69, 9.17) is 9.73 Å². The topological polar surface area (TPSA) is 55.7 Å². The van der Waals surface area contributed by atoms with Crippen molar-refractivity contribution in [3.63, 3.8) is 0 Å². The minimum Gasteiger partial charge on any atom is -0.466 e. The minimum absolute atomic E-state index is 0.0428. The van der Waals surface area contributed by atoms with Gasteiger partial charge in [0.15, 0.2) is 0 Å². The van der Waals surface area contributed by atoms with Crippen LogP contribution < -0.4 is 0 Å². The quantitative estimate of drug-likeness (QED) is 0.684. The smallest absolute Gasteiger partial charge is 0.336 e. The Bertz CT molecular complexity index is 1070. The maximum absolute atomic E-state index is 13.4. The number of methoxy groups -OCH3 is 1. The average molecular weight is 405 g/mol. The van der Waals surface area contributed by atoms with Gasteiger partial charge in [-0.15, -0.1) is 0 Å². The molecular weight excluding hydrogens is 381 g/mol. The SMILES string of the molecule is COC(=O)C1=C(C)N=C2C[C@@H](c3ccc(F)cc3)CC(=O)C2[C@@H]1c1cccc(C)c1. The van der Waals surface area contributed by atoms with Gasteiger partial charge in [0.1, 0.15) is 11.6 Å². The van der Waals surface area contributed by atoms with Crippen molar-refractivity contribution < 1.29 is 18.7 Å². The van der Waals surface area contributed by atoms with Crippen molar-refractivity contribution in [1.29, 1.82) is 0 Å². The summed E-state index contributed by atoms with van der Waals surface area (Å²) in [5.41, 5.74) is 4.74. The van der Waals surface area contributed by atoms with Crippen molar-refractivity contribution in [2.24, 2.45) is 10.9 Å². The van der Waals surface area contributed by atoms with Crippen LogP contribution in [0.4, 0.5) is 4.39 Å². The molecular formula is C25H24FNO3. The third-order valence-corrected chi connectivity index (χ3v) is 6.10. The van der Waals surface area contributed by atoms with Gasteiger partial charge in [-0.05, 0) is 49.4 Å². The van der Waals surface area contributed by atoms with Gasteiger partial charge in [0.25, 0.3) is 0 Å². The fourth-order valence-electron chi connectivity index (χ4n) is 4.75. The van der Waals surface area contributed by atoms with Gasteiger partial charge < -0.3 is 4.74 Å². The predicted molar refractivity (Wildman–Crippen MR) is 113 cm³/mol. The molecule has 0 amide bonds. The number of Topliss-reactive ketones (excluding diaryl/α,β-unsaturated/α-hetero) is 1. The molecule has 0 bridgehead atoms. The molecule has 3 atom stereocenters. The van der Waals surface area contributed by atoms with Crippen molar-refractivity contribution in [3.8, 4) is 0 Å². The largest absolute Gasteiger partial charge is 0.466 e. The molecule has 1 heterocycles. The highest BCUT2D eigenvalue weighted by atomic mass is 19.1. The predicted octanol–water partition coefficient (Wildman–Crippen LogP) is 4.88. The number of rotatable bonds is 3. The molecule has 2 aromatic carbocycles. The lowest BCUT2D eigenvalue weighted by Crippen LogP contribution is -2.41. The Morgan fingerprint density at radius 3 is 2.43 bits per heavy atom. The van der Waals surface area contributed by atoms with Crippen molar-refractivity contribution in [3.05, 3.63) is 82.3 Å². The maximum atomic E-state index is 13.4. The van der Waals surface area contributed by atoms with E-state index in [-0.39, 0.29) is 17.5 Å². The lowest BCUT2D eigenvalue weighted by molar-refractivity contribution is -0.136. The first-order valence-electron chi connectivity index (χ1n) is 10.1. The molecule has 0 saturated heterocycles. The second-order valence-corrected chi connectivity index (χ2v) is 8.09. The first kappa shape index (κ1) is 20.2. The van der Waals surface area contributed by atoms with Crippen LogP contribution in [0.1, 0.15) is 48.3 Å². The minimum atomic E-state index is -0.485. The molecule has 0 aromatic heterocycles. The van der Waals surface area contributed by atoms with Crippen molar-refractivity contribution in [2.45, 2.75) is 38.5 Å². The third kappa shape index (κ3) is 3.60. The molecule has 1 unspecified atom stereocenters. The molecule has 154 valence electrons. The van der Waals surface area contributed by atoms with E-state index in [9.17, 15) is 14.0 Å². The summed E-state index contributed by atoms with van der Waals surface area (Å²) in [6.45, 7) is 3.78. The van der Waals surface area contributed by atoms with Crippen LogP contribution in [0.2, 0.25) is 0 Å². The first-order valence-corrected chi connectivity index (χ1v) is 10.1. The van der Waals surface area contributed by atoms with E-state index in [1.165, 1.54) is 19.2 Å². The molecule has 0 N–H and O–H groups in total. The molecule has 1 aliphatic heterocycles. The normalized spacial score (nSPS) is 23.7. The number of esters is 1. The maximum Gasteiger partial charge on any atom is 0.336 e. The van der Waals surface area contributed by atoms with Crippen LogP contribution in [-0.4, -0.2) is 24.6 Å². The number of ketones is 1. The Hall–Kier alpha value is -3.08. The summed E-state index contributed by atoms with van der Waals surface area (Å²) in [7, 11) is 1.35. The van der Waals surface area contributed by atoms with Gasteiger partial charge in [-0.2, -0.15) is 0 Å². The number of halogens is 1. The molecule has 4 nitrogen and oxygen atoms in total. The highest BCUT2D eigenvalue weighted by molar-refractivity contribution is 6.12. The van der Waals surface area contributed by atoms with Crippen molar-refractivity contribution in [1.82, 2.24) is 0 Å². The van der Waals surface area contributed by atoms with Crippen molar-refractivity contribution in [2.75, 3.05) is 7.11 Å². The zero-order valence-corrected chi connectivity index (χ0v) is 17.3. The molecule has 5 heteroatoms. The van der Waals surface area contributed by atoms with E-state index in [0.29, 0.717) is 24.1 Å². The summed E-state index contributed by atoms with van der Waals surface area (Å²) in [6.07, 6.45) is 0.946. The van der Waals surface area contributed by atoms with E-state index in [1.807, 2.05) is 31.2 Å². The number of fused-ring (bicyclic) bond motifs is 1. The van der Waals surface area contributed by atoms with E-state index < -0.39 is 17.8 Å². The number of benzene rings is 2. The fraction of sp³-hybridized carbons (Fsp3) is 0.320. The van der Waals surface area contributed by atoms with Crippen molar-refractivity contribution >= 4 is 17.5 Å². The summed E-state index contributed by atoms with van der Waals surface area (Å²) in [5.74, 6) is -1.63. The Morgan fingerprint density at radius 1 is 1.03 bits per heavy atom. The van der Waals surface area contributed by atoms with Gasteiger partial charge in [0, 0.05) is 23.7 Å². The lowest BCUT2D eigenvalue weighted by atomic mass is 9.66. The van der Waals surface area contributed by atoms with Gasteiger partial charge in [0.2, 0.25) is 0 Å². The van der Waals surface area contributed by atoms with Crippen LogP contribution in [0, 0.1) is 18.7 Å². The highest BCUT2D eigenvalue weighted by Crippen LogP contribution is 2.46. The van der Waals surface area contributed by atoms with Gasteiger partial charge >= 0.3 is 5.97 Å². The number of aryl methyl sites for hydroxylation is 1. The zero-order valence-electron chi connectivity index (χ0n) is 17.3. The standard InChI is InChI=1S/C25H24FNO3/c1-14-5-4-6-17(11-14)23-22(25(29)30-3)15(2)27-20-12-18(13-21(28)24(20)23)16-7-9-19(26)10-8-16/h4-11,18,23-24H,12-13H2,1-3H3/t18-,23-,24?/m1/s1. The van der Waals surface area contributed by atoms with Gasteiger partial charge in [0.05, 0.1) is 18.6 Å². The summed E-state index contributed by atoms with van der Waals surface area (Å²) in [6, 6.07) is 14.2. The second kappa shape index (κ2) is 7.98. The number of hydrogen-bond donors (Lipinski definition) is 0. The van der Waals surface area contributed by atoms with Crippen LogP contribution in [-0.2, 0) is 14.3 Å². The lowest BCUT2D eigenvalue weighted by Gasteiger charge is -2.38. The Morgan fingerprint density at radius 2 is 1.77 bits per heavy atom. The molecule has 4 rings (SSSR count). The monoisotopic (exact) mass is 405 g/mol. The Labute approximate surface area is 175 Å². The van der Waals surface area contributed by atoms with Crippen LogP contribution in [0.3, 0.4) is 0 Å². The number of ether oxygens (including phenoxy) is 1. The van der Waals surface area contributed by atoms with Crippen LogP contribution in [0.5, 0.6) is 0 Å². The molecule has 0 radical (unpaired) electrons. The molecule has 1 saturated carbocycles. The zero-order chi connectivity index (χ0) is 21.4. The number of carbonyl (C=O) groups excluding carboxylic acids is 2.